The van der Waals surface area contributed by atoms with Gasteiger partial charge >= 0.3 is 5.97 Å². The number of hydrogen-bond acceptors (Lipinski definition) is 3. The number of aliphatic carboxylic acids is 1. The van der Waals surface area contributed by atoms with Gasteiger partial charge in [-0.05, 0) is 68.7 Å². The van der Waals surface area contributed by atoms with Gasteiger partial charge in [-0.3, -0.25) is 14.4 Å². The predicted molar refractivity (Wildman–Crippen MR) is 105 cm³/mol. The van der Waals surface area contributed by atoms with Crippen molar-refractivity contribution in [1.82, 2.24) is 4.90 Å². The zero-order chi connectivity index (χ0) is 19.8. The molecule has 1 aromatic carbocycles. The molecular weight excluding hydrogens is 356 g/mol. The van der Waals surface area contributed by atoms with Gasteiger partial charge in [-0.15, -0.1) is 0 Å². The Balaban J connectivity index is 1.43. The first-order valence-electron chi connectivity index (χ1n) is 10.1. The van der Waals surface area contributed by atoms with Gasteiger partial charge in [0.15, 0.2) is 0 Å². The molecule has 28 heavy (non-hydrogen) atoms. The van der Waals surface area contributed by atoms with E-state index in [1.165, 1.54) is 0 Å². The average Bonchev–Trinajstić information content (AvgIpc) is 3.30. The zero-order valence-electron chi connectivity index (χ0n) is 16.0. The van der Waals surface area contributed by atoms with Gasteiger partial charge in [0.25, 0.3) is 5.91 Å². The summed E-state index contributed by atoms with van der Waals surface area (Å²) in [5.74, 6) is -2.40. The Kier molecular flexibility index (Phi) is 4.96. The van der Waals surface area contributed by atoms with Crippen LogP contribution in [0.4, 0.5) is 5.69 Å². The maximum absolute atomic E-state index is 12.7. The summed E-state index contributed by atoms with van der Waals surface area (Å²) >= 11 is 0. The van der Waals surface area contributed by atoms with Crippen LogP contribution in [0.3, 0.4) is 0 Å². The fourth-order valence-corrected chi connectivity index (χ4v) is 5.00. The van der Waals surface area contributed by atoms with Crippen LogP contribution in [0.1, 0.15) is 43.0 Å². The van der Waals surface area contributed by atoms with Crippen LogP contribution in [-0.2, 0) is 9.59 Å². The Morgan fingerprint density at radius 3 is 2.36 bits per heavy atom. The zero-order valence-corrected chi connectivity index (χ0v) is 16.0. The number of carboxylic acids is 1. The minimum absolute atomic E-state index is 0.00691. The fourth-order valence-electron chi connectivity index (χ4n) is 5.00. The lowest BCUT2D eigenvalue weighted by molar-refractivity contribution is -0.146. The topological polar surface area (TPSA) is 86.7 Å². The number of anilines is 1. The fraction of sp³-hybridized carbons (Fsp3) is 0.500. The Bertz CT molecular complexity index is 816. The number of carbonyl (C=O) groups is 3. The normalized spacial score (nSPS) is 31.0. The molecule has 1 heterocycles. The van der Waals surface area contributed by atoms with Crippen LogP contribution in [0.15, 0.2) is 36.4 Å². The first kappa shape index (κ1) is 18.7. The minimum Gasteiger partial charge on any atom is -0.481 e. The van der Waals surface area contributed by atoms with Gasteiger partial charge in [0.1, 0.15) is 0 Å². The number of piperidine rings is 1. The van der Waals surface area contributed by atoms with Crippen LogP contribution in [0.25, 0.3) is 0 Å². The summed E-state index contributed by atoms with van der Waals surface area (Å²) < 4.78 is 0. The summed E-state index contributed by atoms with van der Waals surface area (Å²) in [6, 6.07) is 7.15. The lowest BCUT2D eigenvalue weighted by Crippen LogP contribution is -2.42. The lowest BCUT2D eigenvalue weighted by Gasteiger charge is -2.33. The van der Waals surface area contributed by atoms with Gasteiger partial charge in [-0.25, -0.2) is 0 Å². The number of fused-ring (bicyclic) bond motifs is 2. The molecule has 148 valence electrons. The van der Waals surface area contributed by atoms with Crippen molar-refractivity contribution in [2.24, 2.45) is 23.7 Å². The van der Waals surface area contributed by atoms with Crippen LogP contribution in [-0.4, -0.2) is 40.4 Å². The van der Waals surface area contributed by atoms with Gasteiger partial charge in [-0.2, -0.15) is 0 Å². The molecule has 2 N–H and O–H groups in total. The second-order valence-corrected chi connectivity index (χ2v) is 8.25. The first-order chi connectivity index (χ1) is 13.5. The van der Waals surface area contributed by atoms with E-state index in [0.29, 0.717) is 11.3 Å². The van der Waals surface area contributed by atoms with Crippen LogP contribution < -0.4 is 5.32 Å². The summed E-state index contributed by atoms with van der Waals surface area (Å²) in [7, 11) is 0. The summed E-state index contributed by atoms with van der Waals surface area (Å²) in [5.41, 5.74) is 1.20. The number of rotatable bonds is 4. The molecule has 1 aromatic rings. The molecule has 3 aliphatic rings. The second-order valence-electron chi connectivity index (χ2n) is 8.25. The molecule has 1 aliphatic heterocycles. The number of allylic oxidation sites excluding steroid dienone is 2. The van der Waals surface area contributed by atoms with E-state index in [-0.39, 0.29) is 29.7 Å². The molecule has 0 spiro atoms. The van der Waals surface area contributed by atoms with Crippen molar-refractivity contribution in [2.45, 2.75) is 38.6 Å². The van der Waals surface area contributed by atoms with E-state index in [2.05, 4.69) is 12.2 Å². The molecule has 0 radical (unpaired) electrons. The van der Waals surface area contributed by atoms with Gasteiger partial charge in [0.05, 0.1) is 11.8 Å². The first-order valence-corrected chi connectivity index (χ1v) is 10.1. The third kappa shape index (κ3) is 3.32. The van der Waals surface area contributed by atoms with Crippen molar-refractivity contribution in [2.75, 3.05) is 11.9 Å². The molecule has 2 aliphatic carbocycles. The molecule has 2 bridgehead atoms. The van der Waals surface area contributed by atoms with E-state index in [1.807, 2.05) is 17.1 Å². The van der Waals surface area contributed by atoms with Crippen LogP contribution in [0.5, 0.6) is 0 Å². The van der Waals surface area contributed by atoms with E-state index < -0.39 is 17.8 Å². The number of hydrogen-bond donors (Lipinski definition) is 2. The maximum atomic E-state index is 12.7. The van der Waals surface area contributed by atoms with E-state index >= 15 is 0 Å². The van der Waals surface area contributed by atoms with Crippen LogP contribution >= 0.6 is 0 Å². The van der Waals surface area contributed by atoms with Gasteiger partial charge < -0.3 is 15.3 Å². The molecule has 6 nitrogen and oxygen atoms in total. The number of carbonyl (C=O) groups excluding carboxylic acids is 2. The third-order valence-electron chi connectivity index (χ3n) is 6.51. The summed E-state index contributed by atoms with van der Waals surface area (Å²) in [6.45, 7) is 2.86. The lowest BCUT2D eigenvalue weighted by atomic mass is 9.82. The Morgan fingerprint density at radius 2 is 1.71 bits per heavy atom. The van der Waals surface area contributed by atoms with Crippen molar-refractivity contribution >= 4 is 23.5 Å². The Morgan fingerprint density at radius 1 is 1.04 bits per heavy atom. The summed E-state index contributed by atoms with van der Waals surface area (Å²) in [5, 5.41) is 12.4. The van der Waals surface area contributed by atoms with Gasteiger partial charge in [0.2, 0.25) is 5.91 Å². The van der Waals surface area contributed by atoms with Gasteiger partial charge in [-0.1, -0.05) is 12.2 Å². The number of likely N-dealkylation sites (tertiary alicyclic amines) is 1. The van der Waals surface area contributed by atoms with Crippen molar-refractivity contribution in [3.8, 4) is 0 Å². The SMILES string of the molecule is CC1CCCCN1C(=O)c1ccc(NC(=O)C2C3C=CC(C3)C2C(=O)O)cc1. The number of nitrogens with zero attached hydrogens (tertiary/aromatic N) is 1. The summed E-state index contributed by atoms with van der Waals surface area (Å²) in [4.78, 5) is 39.0. The largest absolute Gasteiger partial charge is 0.481 e. The number of amides is 2. The quantitative estimate of drug-likeness (QED) is 0.783. The van der Waals surface area contributed by atoms with E-state index in [4.69, 9.17) is 0 Å². The number of benzene rings is 1. The molecule has 1 saturated carbocycles. The minimum atomic E-state index is -0.909. The Hall–Kier alpha value is -2.63. The highest BCUT2D eigenvalue weighted by atomic mass is 16.4. The van der Waals surface area contributed by atoms with Crippen molar-refractivity contribution < 1.29 is 19.5 Å². The highest BCUT2D eigenvalue weighted by Gasteiger charge is 2.51. The molecule has 2 fully saturated rings. The van der Waals surface area contributed by atoms with Crippen molar-refractivity contribution in [1.29, 1.82) is 0 Å². The molecular formula is C22H26N2O4. The standard InChI is InChI=1S/C22H26N2O4/c1-13-4-2-3-11-24(13)21(26)14-7-9-17(10-8-14)23-20(25)18-15-5-6-16(12-15)19(18)22(27)28/h5-10,13,15-16,18-19H,2-4,11-12H2,1H3,(H,23,25)(H,27,28). The second kappa shape index (κ2) is 7.41. The molecule has 5 unspecified atom stereocenters. The van der Waals surface area contributed by atoms with Crippen molar-refractivity contribution in [3.63, 3.8) is 0 Å². The van der Waals surface area contributed by atoms with E-state index in [9.17, 15) is 19.5 Å². The van der Waals surface area contributed by atoms with Crippen LogP contribution in [0, 0.1) is 23.7 Å². The van der Waals surface area contributed by atoms with Gasteiger partial charge in [0, 0.05) is 23.8 Å². The smallest absolute Gasteiger partial charge is 0.307 e. The maximum Gasteiger partial charge on any atom is 0.307 e. The van der Waals surface area contributed by atoms with E-state index in [0.717, 1.165) is 32.2 Å². The highest BCUT2D eigenvalue weighted by Crippen LogP contribution is 2.48. The van der Waals surface area contributed by atoms with Crippen LogP contribution in [0.2, 0.25) is 0 Å². The summed E-state index contributed by atoms with van der Waals surface area (Å²) in [6.07, 6.45) is 7.85. The molecule has 1 saturated heterocycles. The molecule has 6 heteroatoms. The average molecular weight is 382 g/mol. The Labute approximate surface area is 164 Å². The van der Waals surface area contributed by atoms with Crippen molar-refractivity contribution in [3.05, 3.63) is 42.0 Å². The van der Waals surface area contributed by atoms with E-state index in [1.54, 1.807) is 24.3 Å². The molecule has 2 amide bonds. The third-order valence-corrected chi connectivity index (χ3v) is 6.51. The predicted octanol–water partition coefficient (Wildman–Crippen LogP) is 3.16. The molecule has 4 rings (SSSR count). The number of carboxylic acid groups (broad SMARTS) is 1. The molecule has 5 atom stereocenters. The monoisotopic (exact) mass is 382 g/mol. The molecule has 0 aromatic heterocycles. The number of nitrogens with one attached hydrogen (secondary N) is 1. The highest BCUT2D eigenvalue weighted by molar-refractivity contribution is 5.98.